The van der Waals surface area contributed by atoms with Crippen molar-refractivity contribution in [1.29, 1.82) is 0 Å². The van der Waals surface area contributed by atoms with E-state index in [4.69, 9.17) is 10.2 Å². The van der Waals surface area contributed by atoms with Crippen molar-refractivity contribution in [2.75, 3.05) is 0 Å². The molecule has 2 rings (SSSR count). The lowest BCUT2D eigenvalue weighted by molar-refractivity contribution is 0.0686. The van der Waals surface area contributed by atoms with Crippen LogP contribution in [0.2, 0.25) is 0 Å². The number of halogens is 1. The molecule has 0 amide bonds. The van der Waals surface area contributed by atoms with Crippen molar-refractivity contribution in [3.05, 3.63) is 69.2 Å². The lowest BCUT2D eigenvalue weighted by atomic mass is 10.1. The molecule has 2 aromatic rings. The van der Waals surface area contributed by atoms with Gasteiger partial charge in [0.05, 0.1) is 11.1 Å². The SMILES string of the molecule is O=C(O)c1ccc(/C=C\c2ccc(C(=O)O)cc2Br)cc1. The minimum Gasteiger partial charge on any atom is -0.478 e. The molecule has 2 aromatic carbocycles. The Balaban J connectivity index is 2.21. The topological polar surface area (TPSA) is 74.6 Å². The van der Waals surface area contributed by atoms with Crippen LogP contribution >= 0.6 is 15.9 Å². The Morgan fingerprint density at radius 3 is 1.95 bits per heavy atom. The van der Waals surface area contributed by atoms with E-state index in [9.17, 15) is 9.59 Å². The van der Waals surface area contributed by atoms with E-state index in [1.54, 1.807) is 18.2 Å². The molecule has 0 aliphatic heterocycles. The first-order chi connectivity index (χ1) is 9.97. The molecule has 0 spiro atoms. The van der Waals surface area contributed by atoms with Crippen LogP contribution in [0.3, 0.4) is 0 Å². The van der Waals surface area contributed by atoms with E-state index in [1.807, 2.05) is 12.2 Å². The van der Waals surface area contributed by atoms with Crippen LogP contribution in [0.4, 0.5) is 0 Å². The van der Waals surface area contributed by atoms with Crippen LogP contribution in [-0.4, -0.2) is 22.2 Å². The van der Waals surface area contributed by atoms with Crippen LogP contribution in [-0.2, 0) is 0 Å². The molecule has 0 aromatic heterocycles. The van der Waals surface area contributed by atoms with Gasteiger partial charge in [0.2, 0.25) is 0 Å². The van der Waals surface area contributed by atoms with Gasteiger partial charge >= 0.3 is 11.9 Å². The molecule has 0 bridgehead atoms. The Kier molecular flexibility index (Phi) is 4.55. The van der Waals surface area contributed by atoms with E-state index >= 15 is 0 Å². The quantitative estimate of drug-likeness (QED) is 0.820. The number of carbonyl (C=O) groups is 2. The number of carboxylic acid groups (broad SMARTS) is 2. The Labute approximate surface area is 129 Å². The molecule has 106 valence electrons. The summed E-state index contributed by atoms with van der Waals surface area (Å²) in [6.07, 6.45) is 3.65. The molecule has 0 fully saturated rings. The second-order valence-electron chi connectivity index (χ2n) is 4.30. The predicted molar refractivity (Wildman–Crippen MR) is 83.4 cm³/mol. The summed E-state index contributed by atoms with van der Waals surface area (Å²) in [7, 11) is 0. The molecule has 0 saturated heterocycles. The second-order valence-corrected chi connectivity index (χ2v) is 5.16. The van der Waals surface area contributed by atoms with Gasteiger partial charge in [-0.1, -0.05) is 46.3 Å². The Hall–Kier alpha value is -2.40. The third kappa shape index (κ3) is 3.79. The molecule has 0 heterocycles. The molecule has 5 heteroatoms. The summed E-state index contributed by atoms with van der Waals surface area (Å²) in [6, 6.07) is 11.2. The van der Waals surface area contributed by atoms with E-state index < -0.39 is 11.9 Å². The van der Waals surface area contributed by atoms with Crippen molar-refractivity contribution in [3.63, 3.8) is 0 Å². The standard InChI is InChI=1S/C16H11BrO4/c17-14-9-13(16(20)21)8-7-11(14)4-1-10-2-5-12(6-3-10)15(18)19/h1-9H,(H,18,19)(H,20,21)/b4-1-. The first-order valence-electron chi connectivity index (χ1n) is 6.01. The first kappa shape index (κ1) is 15.0. The smallest absolute Gasteiger partial charge is 0.335 e. The van der Waals surface area contributed by atoms with Crippen molar-refractivity contribution < 1.29 is 19.8 Å². The third-order valence-electron chi connectivity index (χ3n) is 2.86. The fourth-order valence-electron chi connectivity index (χ4n) is 1.72. The summed E-state index contributed by atoms with van der Waals surface area (Å²) in [4.78, 5) is 21.6. The van der Waals surface area contributed by atoms with E-state index in [-0.39, 0.29) is 11.1 Å². The number of rotatable bonds is 4. The van der Waals surface area contributed by atoms with Crippen LogP contribution < -0.4 is 0 Å². The van der Waals surface area contributed by atoms with Crippen LogP contribution in [0.15, 0.2) is 46.9 Å². The lowest BCUT2D eigenvalue weighted by Crippen LogP contribution is -1.96. The number of hydrogen-bond acceptors (Lipinski definition) is 2. The molecular weight excluding hydrogens is 336 g/mol. The Morgan fingerprint density at radius 1 is 0.857 bits per heavy atom. The van der Waals surface area contributed by atoms with E-state index in [1.165, 1.54) is 24.3 Å². The third-order valence-corrected chi connectivity index (χ3v) is 3.55. The summed E-state index contributed by atoms with van der Waals surface area (Å²) in [5.74, 6) is -1.94. The zero-order valence-electron chi connectivity index (χ0n) is 10.8. The fourth-order valence-corrected chi connectivity index (χ4v) is 2.23. The molecule has 0 aliphatic rings. The van der Waals surface area contributed by atoms with Gasteiger partial charge in [-0.3, -0.25) is 0 Å². The van der Waals surface area contributed by atoms with Gasteiger partial charge in [-0.05, 0) is 35.4 Å². The molecule has 0 unspecified atom stereocenters. The Morgan fingerprint density at radius 2 is 1.43 bits per heavy atom. The summed E-state index contributed by atoms with van der Waals surface area (Å²) >= 11 is 3.33. The van der Waals surface area contributed by atoms with Crippen LogP contribution in [0, 0.1) is 0 Å². The number of aromatic carboxylic acids is 2. The first-order valence-corrected chi connectivity index (χ1v) is 6.81. The summed E-state index contributed by atoms with van der Waals surface area (Å²) in [5, 5.41) is 17.7. The van der Waals surface area contributed by atoms with Crippen molar-refractivity contribution in [1.82, 2.24) is 0 Å². The normalized spacial score (nSPS) is 10.7. The van der Waals surface area contributed by atoms with Gasteiger partial charge in [0, 0.05) is 4.47 Å². The highest BCUT2D eigenvalue weighted by Gasteiger charge is 2.05. The molecule has 0 atom stereocenters. The zero-order chi connectivity index (χ0) is 15.4. The van der Waals surface area contributed by atoms with Crippen molar-refractivity contribution >= 4 is 40.0 Å². The largest absolute Gasteiger partial charge is 0.478 e. The van der Waals surface area contributed by atoms with Crippen LogP contribution in [0.1, 0.15) is 31.8 Å². The van der Waals surface area contributed by atoms with E-state index in [0.717, 1.165) is 11.1 Å². The molecule has 2 N–H and O–H groups in total. The maximum atomic E-state index is 10.8. The van der Waals surface area contributed by atoms with Gasteiger partial charge in [0.25, 0.3) is 0 Å². The van der Waals surface area contributed by atoms with Gasteiger partial charge in [-0.2, -0.15) is 0 Å². The van der Waals surface area contributed by atoms with Gasteiger partial charge in [0.1, 0.15) is 0 Å². The number of hydrogen-bond donors (Lipinski definition) is 2. The highest BCUT2D eigenvalue weighted by atomic mass is 79.9. The molecule has 0 saturated carbocycles. The average Bonchev–Trinajstić information content (AvgIpc) is 2.46. The predicted octanol–water partition coefficient (Wildman–Crippen LogP) is 4.02. The molecular formula is C16H11BrO4. The highest BCUT2D eigenvalue weighted by Crippen LogP contribution is 2.21. The maximum absolute atomic E-state index is 10.8. The summed E-state index contributed by atoms with van der Waals surface area (Å²) in [6.45, 7) is 0. The zero-order valence-corrected chi connectivity index (χ0v) is 12.4. The van der Waals surface area contributed by atoms with E-state index in [2.05, 4.69) is 15.9 Å². The van der Waals surface area contributed by atoms with Crippen LogP contribution in [0.5, 0.6) is 0 Å². The van der Waals surface area contributed by atoms with Crippen molar-refractivity contribution in [2.45, 2.75) is 0 Å². The monoisotopic (exact) mass is 346 g/mol. The average molecular weight is 347 g/mol. The molecule has 4 nitrogen and oxygen atoms in total. The van der Waals surface area contributed by atoms with Gasteiger partial charge in [-0.15, -0.1) is 0 Å². The Bertz CT molecular complexity index is 718. The number of carboxylic acids is 2. The minimum absolute atomic E-state index is 0.213. The van der Waals surface area contributed by atoms with Gasteiger partial charge < -0.3 is 10.2 Å². The highest BCUT2D eigenvalue weighted by molar-refractivity contribution is 9.10. The summed E-state index contributed by atoms with van der Waals surface area (Å²) in [5.41, 5.74) is 2.14. The van der Waals surface area contributed by atoms with Gasteiger partial charge in [-0.25, -0.2) is 9.59 Å². The maximum Gasteiger partial charge on any atom is 0.335 e. The van der Waals surface area contributed by atoms with Gasteiger partial charge in [0.15, 0.2) is 0 Å². The van der Waals surface area contributed by atoms with E-state index in [0.29, 0.717) is 4.47 Å². The molecule has 0 aliphatic carbocycles. The number of benzene rings is 2. The molecule has 21 heavy (non-hydrogen) atoms. The van der Waals surface area contributed by atoms with Crippen molar-refractivity contribution in [3.8, 4) is 0 Å². The minimum atomic E-state index is -0.976. The van der Waals surface area contributed by atoms with Crippen LogP contribution in [0.25, 0.3) is 12.2 Å². The summed E-state index contributed by atoms with van der Waals surface area (Å²) < 4.78 is 0.681. The molecule has 0 radical (unpaired) electrons. The lowest BCUT2D eigenvalue weighted by Gasteiger charge is -2.01. The fraction of sp³-hybridized carbons (Fsp3) is 0. The van der Waals surface area contributed by atoms with Crippen molar-refractivity contribution in [2.24, 2.45) is 0 Å². The second kappa shape index (κ2) is 6.37.